The maximum atomic E-state index is 12.0. The Hall–Kier alpha value is -2.21. The summed E-state index contributed by atoms with van der Waals surface area (Å²) in [7, 11) is 0. The Labute approximate surface area is 123 Å². The molecule has 2 heterocycles. The van der Waals surface area contributed by atoms with E-state index in [1.54, 1.807) is 11.0 Å². The number of nitrogens with zero attached hydrogens (tertiary/aromatic N) is 3. The third-order valence-corrected chi connectivity index (χ3v) is 3.75. The summed E-state index contributed by atoms with van der Waals surface area (Å²) < 4.78 is 1.78. The normalized spacial score (nSPS) is 17.8. The van der Waals surface area contributed by atoms with E-state index in [0.717, 1.165) is 30.5 Å². The Kier molecular flexibility index (Phi) is 4.25. The van der Waals surface area contributed by atoms with Gasteiger partial charge in [-0.05, 0) is 30.5 Å². The van der Waals surface area contributed by atoms with Gasteiger partial charge in [0.1, 0.15) is 12.7 Å². The smallest absolute Gasteiger partial charge is 0.237 e. The van der Waals surface area contributed by atoms with E-state index in [2.05, 4.69) is 26.8 Å². The number of carbonyl (C=O) groups is 1. The summed E-state index contributed by atoms with van der Waals surface area (Å²) in [6, 6.07) is 8.04. The van der Waals surface area contributed by atoms with Gasteiger partial charge >= 0.3 is 0 Å². The van der Waals surface area contributed by atoms with Crippen LogP contribution in [0.5, 0.6) is 0 Å². The molecule has 3 rings (SSSR count). The number of hydrogen-bond donors (Lipinski definition) is 2. The second kappa shape index (κ2) is 6.49. The van der Waals surface area contributed by atoms with Crippen LogP contribution in [0.25, 0.3) is 0 Å². The number of amides is 1. The fourth-order valence-electron chi connectivity index (χ4n) is 2.59. The number of benzene rings is 1. The van der Waals surface area contributed by atoms with E-state index in [1.807, 2.05) is 18.2 Å². The zero-order chi connectivity index (χ0) is 14.5. The summed E-state index contributed by atoms with van der Waals surface area (Å²) in [5, 5.41) is 10.3. The maximum Gasteiger partial charge on any atom is 0.237 e. The molecule has 1 aliphatic heterocycles. The van der Waals surface area contributed by atoms with Gasteiger partial charge < -0.3 is 10.6 Å². The highest BCUT2D eigenvalue weighted by Gasteiger charge is 2.21. The number of rotatable bonds is 5. The van der Waals surface area contributed by atoms with Gasteiger partial charge in [-0.1, -0.05) is 24.3 Å². The minimum absolute atomic E-state index is 0.0347. The van der Waals surface area contributed by atoms with Crippen LogP contribution in [0.15, 0.2) is 36.9 Å². The molecule has 1 fully saturated rings. The van der Waals surface area contributed by atoms with Gasteiger partial charge in [0.05, 0.1) is 12.6 Å². The molecule has 1 unspecified atom stereocenters. The van der Waals surface area contributed by atoms with Crippen molar-refractivity contribution in [1.82, 2.24) is 25.4 Å². The van der Waals surface area contributed by atoms with Crippen molar-refractivity contribution in [2.45, 2.75) is 32.0 Å². The average Bonchev–Trinajstić information content (AvgIpc) is 3.19. The first-order valence-corrected chi connectivity index (χ1v) is 7.23. The molecule has 0 bridgehead atoms. The summed E-state index contributed by atoms with van der Waals surface area (Å²) in [4.78, 5) is 16.0. The van der Waals surface area contributed by atoms with Crippen LogP contribution in [0.1, 0.15) is 24.0 Å². The third kappa shape index (κ3) is 3.46. The second-order valence-electron chi connectivity index (χ2n) is 5.23. The van der Waals surface area contributed by atoms with Crippen molar-refractivity contribution in [3.63, 3.8) is 0 Å². The molecule has 6 nitrogen and oxygen atoms in total. The van der Waals surface area contributed by atoms with Gasteiger partial charge in [-0.3, -0.25) is 4.79 Å². The molecule has 0 radical (unpaired) electrons. The highest BCUT2D eigenvalue weighted by Crippen LogP contribution is 2.11. The molecule has 1 atom stereocenters. The van der Waals surface area contributed by atoms with Crippen molar-refractivity contribution in [3.05, 3.63) is 48.0 Å². The number of aromatic nitrogens is 3. The summed E-state index contributed by atoms with van der Waals surface area (Å²) >= 11 is 0. The minimum atomic E-state index is -0.0347. The molecule has 1 amide bonds. The molecular weight excluding hydrogens is 266 g/mol. The summed E-state index contributed by atoms with van der Waals surface area (Å²) in [6.07, 6.45) is 5.21. The van der Waals surface area contributed by atoms with Gasteiger partial charge in [-0.25, -0.2) is 9.67 Å². The van der Waals surface area contributed by atoms with Crippen molar-refractivity contribution in [2.75, 3.05) is 6.54 Å². The van der Waals surface area contributed by atoms with Crippen molar-refractivity contribution in [2.24, 2.45) is 0 Å². The van der Waals surface area contributed by atoms with Crippen molar-refractivity contribution in [3.8, 4) is 0 Å². The zero-order valence-corrected chi connectivity index (χ0v) is 11.8. The number of nitrogens with one attached hydrogen (secondary N) is 2. The fourth-order valence-corrected chi connectivity index (χ4v) is 2.59. The molecule has 2 aromatic rings. The predicted molar refractivity (Wildman–Crippen MR) is 78.4 cm³/mol. The number of hydrogen-bond acceptors (Lipinski definition) is 4. The Morgan fingerprint density at radius 1 is 1.38 bits per heavy atom. The van der Waals surface area contributed by atoms with Crippen LogP contribution in [0.3, 0.4) is 0 Å². The minimum Gasteiger partial charge on any atom is -0.351 e. The monoisotopic (exact) mass is 285 g/mol. The Bertz CT molecular complexity index is 590. The first-order valence-electron chi connectivity index (χ1n) is 7.23. The van der Waals surface area contributed by atoms with Crippen LogP contribution < -0.4 is 10.6 Å². The van der Waals surface area contributed by atoms with Crippen molar-refractivity contribution >= 4 is 5.91 Å². The molecule has 0 aliphatic carbocycles. The van der Waals surface area contributed by atoms with Crippen molar-refractivity contribution in [1.29, 1.82) is 0 Å². The van der Waals surface area contributed by atoms with E-state index in [4.69, 9.17) is 0 Å². The highest BCUT2D eigenvalue weighted by molar-refractivity contribution is 5.82. The van der Waals surface area contributed by atoms with Crippen LogP contribution in [0.4, 0.5) is 0 Å². The SMILES string of the molecule is O=C(NCc1ccccc1Cn1cncn1)C1CCCN1. The zero-order valence-electron chi connectivity index (χ0n) is 11.8. The van der Waals surface area contributed by atoms with Crippen LogP contribution in [0, 0.1) is 0 Å². The largest absolute Gasteiger partial charge is 0.351 e. The quantitative estimate of drug-likeness (QED) is 0.848. The van der Waals surface area contributed by atoms with E-state index >= 15 is 0 Å². The van der Waals surface area contributed by atoms with Gasteiger partial charge in [0.25, 0.3) is 0 Å². The van der Waals surface area contributed by atoms with Crippen molar-refractivity contribution < 1.29 is 4.79 Å². The molecule has 1 aromatic heterocycles. The molecule has 0 saturated carbocycles. The maximum absolute atomic E-state index is 12.0. The van der Waals surface area contributed by atoms with Gasteiger partial charge in [0.2, 0.25) is 5.91 Å². The lowest BCUT2D eigenvalue weighted by molar-refractivity contribution is -0.122. The van der Waals surface area contributed by atoms with Gasteiger partial charge in [-0.15, -0.1) is 0 Å². The first-order chi connectivity index (χ1) is 10.3. The molecule has 1 aromatic carbocycles. The Morgan fingerprint density at radius 3 is 2.95 bits per heavy atom. The lowest BCUT2D eigenvalue weighted by atomic mass is 10.1. The highest BCUT2D eigenvalue weighted by atomic mass is 16.2. The second-order valence-corrected chi connectivity index (χ2v) is 5.23. The van der Waals surface area contributed by atoms with Gasteiger partial charge in [0, 0.05) is 6.54 Å². The molecule has 1 aliphatic rings. The summed E-state index contributed by atoms with van der Waals surface area (Å²) in [6.45, 7) is 2.14. The molecule has 110 valence electrons. The van der Waals surface area contributed by atoms with Crippen LogP contribution in [-0.2, 0) is 17.9 Å². The van der Waals surface area contributed by atoms with E-state index in [0.29, 0.717) is 13.1 Å². The molecule has 2 N–H and O–H groups in total. The third-order valence-electron chi connectivity index (χ3n) is 3.75. The molecule has 1 saturated heterocycles. The van der Waals surface area contributed by atoms with E-state index < -0.39 is 0 Å². The first kappa shape index (κ1) is 13.8. The fraction of sp³-hybridized carbons (Fsp3) is 0.400. The summed E-state index contributed by atoms with van der Waals surface area (Å²) in [5.41, 5.74) is 2.25. The predicted octanol–water partition coefficient (Wildman–Crippen LogP) is 0.695. The molecule has 21 heavy (non-hydrogen) atoms. The lowest BCUT2D eigenvalue weighted by Gasteiger charge is -2.13. The van der Waals surface area contributed by atoms with Crippen LogP contribution in [0.2, 0.25) is 0 Å². The molecule has 0 spiro atoms. The van der Waals surface area contributed by atoms with Crippen LogP contribution >= 0.6 is 0 Å². The Morgan fingerprint density at radius 2 is 2.24 bits per heavy atom. The van der Waals surface area contributed by atoms with E-state index in [-0.39, 0.29) is 11.9 Å². The average molecular weight is 285 g/mol. The molecule has 6 heteroatoms. The number of carbonyl (C=O) groups excluding carboxylic acids is 1. The molecular formula is C15H19N5O. The van der Waals surface area contributed by atoms with E-state index in [9.17, 15) is 4.79 Å². The summed E-state index contributed by atoms with van der Waals surface area (Å²) in [5.74, 6) is 0.0862. The standard InChI is InChI=1S/C15H19N5O/c21-15(14-6-3-7-17-14)18-8-12-4-1-2-5-13(12)9-20-11-16-10-19-20/h1-2,4-5,10-11,14,17H,3,6-9H2,(H,18,21). The Balaban J connectivity index is 1.63. The van der Waals surface area contributed by atoms with Gasteiger partial charge in [0.15, 0.2) is 0 Å². The topological polar surface area (TPSA) is 71.8 Å². The van der Waals surface area contributed by atoms with Crippen LogP contribution in [-0.4, -0.2) is 33.3 Å². The lowest BCUT2D eigenvalue weighted by Crippen LogP contribution is -2.40. The van der Waals surface area contributed by atoms with Gasteiger partial charge in [-0.2, -0.15) is 5.10 Å². The van der Waals surface area contributed by atoms with E-state index in [1.165, 1.54) is 6.33 Å².